The van der Waals surface area contributed by atoms with Crippen LogP contribution >= 0.6 is 0 Å². The monoisotopic (exact) mass is 86.1 g/mol. The Kier molecular flexibility index (Phi) is 3.29. The second-order valence-corrected chi connectivity index (χ2v) is 1.57. The normalized spacial score (nSPS) is 14.2. The highest BCUT2D eigenvalue weighted by atomic mass is 19.1. The summed E-state index contributed by atoms with van der Waals surface area (Å²) in [4.78, 5) is 0. The molecule has 0 saturated heterocycles. The summed E-state index contributed by atoms with van der Waals surface area (Å²) in [6.45, 7) is 0. The highest BCUT2D eigenvalue weighted by Crippen LogP contribution is 1.92. The summed E-state index contributed by atoms with van der Waals surface area (Å²) in [5.41, 5.74) is 0. The summed E-state index contributed by atoms with van der Waals surface area (Å²) in [5.74, 6) is 0. The van der Waals surface area contributed by atoms with Gasteiger partial charge in [0.2, 0.25) is 0 Å². The molecular weight excluding hydrogens is 76.7 g/mol. The minimum absolute atomic E-state index is 0.602. The third-order valence-corrected chi connectivity index (χ3v) is 0.686. The fraction of sp³-hybridized carbons (Fsp3) is 1.00. The molecule has 0 heterocycles. The minimum atomic E-state index is -0.602. The lowest BCUT2D eigenvalue weighted by molar-refractivity contribution is 0.433. The average Bonchev–Trinajstić information content (AvgIpc) is 1.35. The maximum atomic E-state index is 11.7. The van der Waals surface area contributed by atoms with E-state index in [0.29, 0.717) is 6.42 Å². The Morgan fingerprint density at radius 1 is 1.67 bits per heavy atom. The summed E-state index contributed by atoms with van der Waals surface area (Å²) in [7, 11) is 3.57. The van der Waals surface area contributed by atoms with Crippen LogP contribution in [0.15, 0.2) is 0 Å². The SMILES string of the molecule is BCC[C@H](B)F. The van der Waals surface area contributed by atoms with E-state index < -0.39 is 6.07 Å². The van der Waals surface area contributed by atoms with Gasteiger partial charge in [-0.25, -0.2) is 0 Å². The topological polar surface area (TPSA) is 0 Å². The Labute approximate surface area is 39.9 Å². The molecule has 0 N–H and O–H groups in total. The van der Waals surface area contributed by atoms with Gasteiger partial charge in [0, 0.05) is 0 Å². The largest absolute Gasteiger partial charge is 0.258 e. The molecule has 0 aromatic rings. The zero-order chi connectivity index (χ0) is 4.99. The lowest BCUT2D eigenvalue weighted by atomic mass is 9.90. The number of halogens is 1. The van der Waals surface area contributed by atoms with Crippen molar-refractivity contribution in [3.8, 4) is 0 Å². The maximum Gasteiger partial charge on any atom is 0.146 e. The molecule has 0 amide bonds. The van der Waals surface area contributed by atoms with Crippen molar-refractivity contribution >= 4 is 15.7 Å². The summed E-state index contributed by atoms with van der Waals surface area (Å²) in [6.07, 6.45) is 1.06. The van der Waals surface area contributed by atoms with Crippen LogP contribution in [0.2, 0.25) is 6.32 Å². The van der Waals surface area contributed by atoms with Crippen LogP contribution in [0.5, 0.6) is 0 Å². The lowest BCUT2D eigenvalue weighted by Crippen LogP contribution is -1.95. The van der Waals surface area contributed by atoms with Gasteiger partial charge in [0.15, 0.2) is 0 Å². The second-order valence-electron chi connectivity index (χ2n) is 1.57. The van der Waals surface area contributed by atoms with Crippen molar-refractivity contribution in [3.63, 3.8) is 0 Å². The van der Waals surface area contributed by atoms with Crippen LogP contribution in [-0.4, -0.2) is 21.8 Å². The van der Waals surface area contributed by atoms with Gasteiger partial charge in [-0.1, -0.05) is 6.32 Å². The molecule has 3 heteroatoms. The Morgan fingerprint density at radius 3 is 2.17 bits per heavy atom. The summed E-state index contributed by atoms with van der Waals surface area (Å²) < 4.78 is 11.7. The van der Waals surface area contributed by atoms with Gasteiger partial charge in [-0.2, -0.15) is 0 Å². The van der Waals surface area contributed by atoms with Crippen molar-refractivity contribution in [2.75, 3.05) is 0 Å². The molecule has 6 heavy (non-hydrogen) atoms. The summed E-state index contributed by atoms with van der Waals surface area (Å²) in [5, 5.41) is 0. The van der Waals surface area contributed by atoms with E-state index in [9.17, 15) is 4.39 Å². The summed E-state index contributed by atoms with van der Waals surface area (Å²) in [6, 6.07) is 0. The molecule has 0 aliphatic rings. The van der Waals surface area contributed by atoms with Crippen molar-refractivity contribution in [2.45, 2.75) is 18.8 Å². The fourth-order valence-electron chi connectivity index (χ4n) is 0.398. The van der Waals surface area contributed by atoms with Crippen LogP contribution in [0.25, 0.3) is 0 Å². The van der Waals surface area contributed by atoms with E-state index in [4.69, 9.17) is 0 Å². The smallest absolute Gasteiger partial charge is 0.146 e. The van der Waals surface area contributed by atoms with Crippen LogP contribution < -0.4 is 0 Å². The molecule has 0 aromatic carbocycles. The number of rotatable bonds is 2. The van der Waals surface area contributed by atoms with Crippen LogP contribution in [-0.2, 0) is 0 Å². The molecule has 0 fully saturated rings. The van der Waals surface area contributed by atoms with E-state index in [2.05, 4.69) is 0 Å². The third kappa shape index (κ3) is 4.06. The average molecular weight is 85.7 g/mol. The van der Waals surface area contributed by atoms with Gasteiger partial charge in [0.1, 0.15) is 15.7 Å². The van der Waals surface area contributed by atoms with E-state index in [1.807, 2.05) is 7.85 Å². The molecule has 0 aliphatic carbocycles. The fourth-order valence-corrected chi connectivity index (χ4v) is 0.398. The van der Waals surface area contributed by atoms with Crippen LogP contribution in [0, 0.1) is 0 Å². The molecule has 0 bridgehead atoms. The van der Waals surface area contributed by atoms with E-state index in [1.165, 1.54) is 0 Å². The number of alkyl halides is 1. The van der Waals surface area contributed by atoms with Gasteiger partial charge in [-0.15, -0.1) is 0 Å². The molecule has 0 unspecified atom stereocenters. The number of hydrogen-bond donors (Lipinski definition) is 0. The Balaban J connectivity index is 2.63. The van der Waals surface area contributed by atoms with E-state index >= 15 is 0 Å². The molecule has 0 spiro atoms. The van der Waals surface area contributed by atoms with E-state index in [1.54, 1.807) is 7.85 Å². The van der Waals surface area contributed by atoms with Gasteiger partial charge < -0.3 is 0 Å². The van der Waals surface area contributed by atoms with Crippen molar-refractivity contribution in [1.82, 2.24) is 0 Å². The first-order valence-electron chi connectivity index (χ1n) is 2.41. The Morgan fingerprint density at radius 2 is 2.17 bits per heavy atom. The van der Waals surface area contributed by atoms with Crippen molar-refractivity contribution in [1.29, 1.82) is 0 Å². The first-order chi connectivity index (χ1) is 2.77. The van der Waals surface area contributed by atoms with Crippen LogP contribution in [0.1, 0.15) is 6.42 Å². The minimum Gasteiger partial charge on any atom is -0.258 e. The first kappa shape index (κ1) is 6.06. The van der Waals surface area contributed by atoms with Crippen LogP contribution in [0.3, 0.4) is 0 Å². The van der Waals surface area contributed by atoms with Gasteiger partial charge >= 0.3 is 0 Å². The molecule has 34 valence electrons. The van der Waals surface area contributed by atoms with Gasteiger partial charge in [0.05, 0.1) is 6.07 Å². The zero-order valence-electron chi connectivity index (χ0n) is 4.37. The highest BCUT2D eigenvalue weighted by Gasteiger charge is 1.91. The second kappa shape index (κ2) is 3.26. The standard InChI is InChI=1S/C3H9B2F/c4-2-1-3(5)6/h3H,1-2,4-5H2/t3-/m1/s1. The molecule has 0 aliphatic heterocycles. The van der Waals surface area contributed by atoms with E-state index in [-0.39, 0.29) is 0 Å². The highest BCUT2D eigenvalue weighted by molar-refractivity contribution is 6.12. The van der Waals surface area contributed by atoms with Crippen molar-refractivity contribution in [2.24, 2.45) is 0 Å². The quantitative estimate of drug-likeness (QED) is 0.392. The predicted molar refractivity (Wildman–Crippen MR) is 31.4 cm³/mol. The van der Waals surface area contributed by atoms with Gasteiger partial charge in [-0.3, -0.25) is 4.39 Å². The van der Waals surface area contributed by atoms with Crippen LogP contribution in [0.4, 0.5) is 4.39 Å². The van der Waals surface area contributed by atoms with E-state index in [0.717, 1.165) is 6.32 Å². The lowest BCUT2D eigenvalue weighted by Gasteiger charge is -1.91. The molecular formula is C3H9B2F. The zero-order valence-corrected chi connectivity index (χ0v) is 4.37. The molecule has 1 atom stereocenters. The van der Waals surface area contributed by atoms with Crippen molar-refractivity contribution < 1.29 is 4.39 Å². The first-order valence-corrected chi connectivity index (χ1v) is 2.41. The molecule has 0 nitrogen and oxygen atoms in total. The predicted octanol–water partition coefficient (Wildman–Crippen LogP) is -0.643. The molecule has 0 radical (unpaired) electrons. The molecule has 0 aromatic heterocycles. The summed E-state index contributed by atoms with van der Waals surface area (Å²) >= 11 is 0. The van der Waals surface area contributed by atoms with Crippen molar-refractivity contribution in [3.05, 3.63) is 0 Å². The molecule has 0 rings (SSSR count). The Bertz CT molecular complexity index is 30.0. The number of hydrogen-bond acceptors (Lipinski definition) is 0. The molecule has 0 saturated carbocycles. The maximum absolute atomic E-state index is 11.7. The third-order valence-electron chi connectivity index (χ3n) is 0.686. The Hall–Kier alpha value is 0.0599. The van der Waals surface area contributed by atoms with Gasteiger partial charge in [-0.05, 0) is 6.42 Å². The van der Waals surface area contributed by atoms with Gasteiger partial charge in [0.25, 0.3) is 0 Å².